The first-order valence-corrected chi connectivity index (χ1v) is 4.70. The van der Waals surface area contributed by atoms with Gasteiger partial charge in [0.2, 0.25) is 5.91 Å². The van der Waals surface area contributed by atoms with Gasteiger partial charge in [0.05, 0.1) is 6.42 Å². The number of benzene rings is 1. The van der Waals surface area contributed by atoms with Crippen LogP contribution in [-0.4, -0.2) is 11.9 Å². The molecule has 0 bridgehead atoms. The highest BCUT2D eigenvalue weighted by Gasteiger charge is 2.29. The highest BCUT2D eigenvalue weighted by atomic mass is 19.1. The average Bonchev–Trinajstić information content (AvgIpc) is 2.39. The van der Waals surface area contributed by atoms with Gasteiger partial charge in [-0.15, -0.1) is 0 Å². The first-order chi connectivity index (χ1) is 6.59. The second-order valence-corrected chi connectivity index (χ2v) is 3.81. The molecule has 0 saturated carbocycles. The Morgan fingerprint density at radius 2 is 2.14 bits per heavy atom. The van der Waals surface area contributed by atoms with Crippen molar-refractivity contribution in [1.82, 2.24) is 0 Å². The fourth-order valence-corrected chi connectivity index (χ4v) is 1.88. The van der Waals surface area contributed by atoms with E-state index in [1.807, 2.05) is 13.8 Å². The van der Waals surface area contributed by atoms with E-state index in [1.165, 1.54) is 12.1 Å². The smallest absolute Gasteiger partial charge is 0.231 e. The maximum atomic E-state index is 12.9. The molecule has 2 rings (SSSR count). The number of hydrogen-bond acceptors (Lipinski definition) is 1. The molecule has 1 aromatic carbocycles. The van der Waals surface area contributed by atoms with Crippen LogP contribution in [0.3, 0.4) is 0 Å². The average molecular weight is 193 g/mol. The summed E-state index contributed by atoms with van der Waals surface area (Å²) in [5.74, 6) is -0.220. The van der Waals surface area contributed by atoms with Crippen molar-refractivity contribution in [2.45, 2.75) is 26.3 Å². The molecule has 1 heterocycles. The molecule has 0 unspecified atom stereocenters. The molecule has 0 saturated heterocycles. The van der Waals surface area contributed by atoms with Crippen LogP contribution < -0.4 is 4.90 Å². The third-order valence-corrected chi connectivity index (χ3v) is 2.43. The molecular formula is C11H12FNO. The van der Waals surface area contributed by atoms with Crippen LogP contribution in [-0.2, 0) is 11.2 Å². The van der Waals surface area contributed by atoms with Crippen LogP contribution in [0, 0.1) is 5.82 Å². The predicted molar refractivity (Wildman–Crippen MR) is 52.7 cm³/mol. The summed E-state index contributed by atoms with van der Waals surface area (Å²) in [6, 6.07) is 4.65. The second-order valence-electron chi connectivity index (χ2n) is 3.81. The Labute approximate surface area is 82.3 Å². The van der Waals surface area contributed by atoms with Crippen LogP contribution in [0.15, 0.2) is 18.2 Å². The van der Waals surface area contributed by atoms with Gasteiger partial charge in [0, 0.05) is 11.7 Å². The van der Waals surface area contributed by atoms with E-state index in [0.29, 0.717) is 6.42 Å². The van der Waals surface area contributed by atoms with Gasteiger partial charge < -0.3 is 4.90 Å². The van der Waals surface area contributed by atoms with Crippen LogP contribution in [0.5, 0.6) is 0 Å². The van der Waals surface area contributed by atoms with Crippen molar-refractivity contribution in [2.24, 2.45) is 0 Å². The number of fused-ring (bicyclic) bond motifs is 1. The van der Waals surface area contributed by atoms with Gasteiger partial charge in [0.15, 0.2) is 0 Å². The number of amides is 1. The van der Waals surface area contributed by atoms with Crippen molar-refractivity contribution in [3.05, 3.63) is 29.6 Å². The van der Waals surface area contributed by atoms with Crippen molar-refractivity contribution in [3.8, 4) is 0 Å². The summed E-state index contributed by atoms with van der Waals surface area (Å²) in [6.07, 6.45) is 0.325. The monoisotopic (exact) mass is 193 g/mol. The molecule has 0 fully saturated rings. The largest absolute Gasteiger partial charge is 0.309 e. The summed E-state index contributed by atoms with van der Waals surface area (Å²) in [7, 11) is 0. The van der Waals surface area contributed by atoms with Crippen molar-refractivity contribution in [3.63, 3.8) is 0 Å². The SMILES string of the molecule is CC(C)N1C(=O)Cc2cc(F)ccc21. The van der Waals surface area contributed by atoms with E-state index in [1.54, 1.807) is 11.0 Å². The highest BCUT2D eigenvalue weighted by Crippen LogP contribution is 2.30. The molecule has 0 atom stereocenters. The first-order valence-electron chi connectivity index (χ1n) is 4.70. The summed E-state index contributed by atoms with van der Waals surface area (Å²) >= 11 is 0. The van der Waals surface area contributed by atoms with Crippen LogP contribution in [0.1, 0.15) is 19.4 Å². The Morgan fingerprint density at radius 3 is 2.79 bits per heavy atom. The molecule has 0 aliphatic carbocycles. The Hall–Kier alpha value is -1.38. The van der Waals surface area contributed by atoms with E-state index in [9.17, 15) is 9.18 Å². The summed E-state index contributed by atoms with van der Waals surface area (Å²) in [6.45, 7) is 3.91. The lowest BCUT2D eigenvalue weighted by Crippen LogP contribution is -2.33. The molecule has 1 aliphatic heterocycles. The number of halogens is 1. The second kappa shape index (κ2) is 3.08. The summed E-state index contributed by atoms with van der Waals surface area (Å²) < 4.78 is 12.9. The zero-order valence-corrected chi connectivity index (χ0v) is 8.25. The summed E-state index contributed by atoms with van der Waals surface area (Å²) in [5.41, 5.74) is 1.65. The van der Waals surface area contributed by atoms with Crippen LogP contribution >= 0.6 is 0 Å². The minimum Gasteiger partial charge on any atom is -0.309 e. The van der Waals surface area contributed by atoms with Gasteiger partial charge in [-0.1, -0.05) is 0 Å². The van der Waals surface area contributed by atoms with Crippen LogP contribution in [0.4, 0.5) is 10.1 Å². The molecule has 0 N–H and O–H groups in total. The van der Waals surface area contributed by atoms with E-state index < -0.39 is 0 Å². The quantitative estimate of drug-likeness (QED) is 0.669. The number of anilines is 1. The lowest BCUT2D eigenvalue weighted by molar-refractivity contribution is -0.117. The third-order valence-electron chi connectivity index (χ3n) is 2.43. The van der Waals surface area contributed by atoms with Crippen molar-refractivity contribution in [2.75, 3.05) is 4.90 Å². The maximum Gasteiger partial charge on any atom is 0.231 e. The maximum absolute atomic E-state index is 12.9. The minimum atomic E-state index is -0.276. The van der Waals surface area contributed by atoms with E-state index in [0.717, 1.165) is 11.3 Å². The Bertz CT molecular complexity index is 387. The molecule has 0 spiro atoms. The van der Waals surface area contributed by atoms with E-state index in [2.05, 4.69) is 0 Å². The van der Waals surface area contributed by atoms with Crippen LogP contribution in [0.2, 0.25) is 0 Å². The van der Waals surface area contributed by atoms with Crippen molar-refractivity contribution >= 4 is 11.6 Å². The zero-order chi connectivity index (χ0) is 10.3. The molecule has 0 radical (unpaired) electrons. The molecule has 1 amide bonds. The van der Waals surface area contributed by atoms with Crippen LogP contribution in [0.25, 0.3) is 0 Å². The minimum absolute atomic E-state index is 0.0561. The molecule has 1 aromatic rings. The van der Waals surface area contributed by atoms with Gasteiger partial charge in [-0.05, 0) is 37.6 Å². The molecule has 1 aliphatic rings. The van der Waals surface area contributed by atoms with Gasteiger partial charge in [0.25, 0.3) is 0 Å². The van der Waals surface area contributed by atoms with Gasteiger partial charge in [-0.25, -0.2) is 4.39 Å². The zero-order valence-electron chi connectivity index (χ0n) is 8.25. The number of nitrogens with zero attached hydrogens (tertiary/aromatic N) is 1. The van der Waals surface area contributed by atoms with Crippen molar-refractivity contribution in [1.29, 1.82) is 0 Å². The number of carbonyl (C=O) groups is 1. The lowest BCUT2D eigenvalue weighted by Gasteiger charge is -2.21. The Kier molecular flexibility index (Phi) is 2.02. The Balaban J connectivity index is 2.48. The van der Waals surface area contributed by atoms with E-state index in [-0.39, 0.29) is 17.8 Å². The normalized spacial score (nSPS) is 15.1. The molecule has 14 heavy (non-hydrogen) atoms. The van der Waals surface area contributed by atoms with Crippen molar-refractivity contribution < 1.29 is 9.18 Å². The van der Waals surface area contributed by atoms with Gasteiger partial charge in [0.1, 0.15) is 5.82 Å². The molecule has 0 aromatic heterocycles. The molecule has 2 nitrogen and oxygen atoms in total. The molecule has 3 heteroatoms. The standard InChI is InChI=1S/C11H12FNO/c1-7(2)13-10-4-3-9(12)5-8(10)6-11(13)14/h3-5,7H,6H2,1-2H3. The van der Waals surface area contributed by atoms with Gasteiger partial charge in [-0.3, -0.25) is 4.79 Å². The van der Waals surface area contributed by atoms with E-state index in [4.69, 9.17) is 0 Å². The molecular weight excluding hydrogens is 181 g/mol. The number of rotatable bonds is 1. The predicted octanol–water partition coefficient (Wildman–Crippen LogP) is 2.12. The summed E-state index contributed by atoms with van der Waals surface area (Å²) in [4.78, 5) is 13.3. The lowest BCUT2D eigenvalue weighted by atomic mass is 10.1. The number of carbonyl (C=O) groups excluding carboxylic acids is 1. The highest BCUT2D eigenvalue weighted by molar-refractivity contribution is 6.01. The summed E-state index contributed by atoms with van der Waals surface area (Å²) in [5, 5.41) is 0. The fourth-order valence-electron chi connectivity index (χ4n) is 1.88. The Morgan fingerprint density at radius 1 is 1.43 bits per heavy atom. The number of hydrogen-bond donors (Lipinski definition) is 0. The first kappa shape index (κ1) is 9.19. The fraction of sp³-hybridized carbons (Fsp3) is 0.364. The van der Waals surface area contributed by atoms with Gasteiger partial charge >= 0.3 is 0 Å². The molecule has 74 valence electrons. The third kappa shape index (κ3) is 1.29. The van der Waals surface area contributed by atoms with E-state index >= 15 is 0 Å². The van der Waals surface area contributed by atoms with Gasteiger partial charge in [-0.2, -0.15) is 0 Å². The topological polar surface area (TPSA) is 20.3 Å².